The van der Waals surface area contributed by atoms with Gasteiger partial charge < -0.3 is 9.80 Å². The van der Waals surface area contributed by atoms with Crippen molar-refractivity contribution in [3.05, 3.63) is 193 Å². The molecule has 0 saturated carbocycles. The zero-order chi connectivity index (χ0) is 34.4. The molecule has 246 valence electrons. The number of fused-ring (bicyclic) bond motifs is 4. The Labute approximate surface area is 301 Å². The number of nitrogens with zero attached hydrogens (tertiary/aromatic N) is 2. The summed E-state index contributed by atoms with van der Waals surface area (Å²) in [6, 6.07) is 66.1. The van der Waals surface area contributed by atoms with Gasteiger partial charge in [-0.05, 0) is 82.9 Å². The standard InChI is InChI=1S/C48H38N2S/c1-51(2)47-37(21-15-31-45(47)49(39-23-5-3-6-24-39)43-29-13-19-35-17-9-11-27-41(35)43)33-34-38-22-16-32-46(48(38)51)50(40-25-7-4-8-26-40)44-30-14-20-36-18-10-12-28-42(36)44/h3-34H,1-2H3. The highest BCUT2D eigenvalue weighted by Gasteiger charge is 2.34. The molecule has 0 saturated heterocycles. The number of benzene rings is 8. The van der Waals surface area contributed by atoms with E-state index in [1.165, 1.54) is 65.2 Å². The quantitative estimate of drug-likeness (QED) is 0.173. The third-order valence-electron chi connectivity index (χ3n) is 10.0. The Kier molecular flexibility index (Phi) is 7.71. The molecule has 0 fully saturated rings. The van der Waals surface area contributed by atoms with Gasteiger partial charge in [0.1, 0.15) is 0 Å². The fraction of sp³-hybridized carbons (Fsp3) is 0.0417. The summed E-state index contributed by atoms with van der Waals surface area (Å²) in [5, 5.41) is 4.91. The molecule has 8 aromatic rings. The number of para-hydroxylation sites is 2. The molecule has 8 aromatic carbocycles. The van der Waals surface area contributed by atoms with Crippen molar-refractivity contribution < 1.29 is 0 Å². The summed E-state index contributed by atoms with van der Waals surface area (Å²) in [4.78, 5) is 7.71. The SMILES string of the molecule is CS1(C)c2c(cccc2N(c2ccccc2)c2cccc3ccccc23)C=Cc2cccc(N(c3ccccc3)c3cccc4ccccc34)c21. The van der Waals surface area contributed by atoms with Gasteiger partial charge in [0.2, 0.25) is 0 Å². The van der Waals surface area contributed by atoms with E-state index in [-0.39, 0.29) is 0 Å². The lowest BCUT2D eigenvalue weighted by atomic mass is 10.0. The summed E-state index contributed by atoms with van der Waals surface area (Å²) in [5.41, 5.74) is 9.55. The van der Waals surface area contributed by atoms with Crippen molar-refractivity contribution in [3.8, 4) is 0 Å². The molecule has 0 bridgehead atoms. The average molecular weight is 675 g/mol. The second kappa shape index (κ2) is 12.7. The van der Waals surface area contributed by atoms with Gasteiger partial charge in [0, 0.05) is 31.9 Å². The van der Waals surface area contributed by atoms with Crippen molar-refractivity contribution >= 4 is 77.8 Å². The van der Waals surface area contributed by atoms with Gasteiger partial charge in [0.25, 0.3) is 0 Å². The van der Waals surface area contributed by atoms with Crippen LogP contribution in [-0.4, -0.2) is 12.5 Å². The Balaban J connectivity index is 1.33. The van der Waals surface area contributed by atoms with E-state index >= 15 is 0 Å². The molecule has 0 atom stereocenters. The van der Waals surface area contributed by atoms with Crippen molar-refractivity contribution in [1.82, 2.24) is 0 Å². The Bertz CT molecular complexity index is 2380. The monoisotopic (exact) mass is 674 g/mol. The molecule has 0 amide bonds. The Hall–Kier alpha value is -6.03. The second-order valence-electron chi connectivity index (χ2n) is 13.4. The minimum Gasteiger partial charge on any atom is -0.309 e. The highest BCUT2D eigenvalue weighted by molar-refractivity contribution is 8.33. The van der Waals surface area contributed by atoms with Crippen LogP contribution in [0.4, 0.5) is 34.1 Å². The molecule has 51 heavy (non-hydrogen) atoms. The number of hydrogen-bond acceptors (Lipinski definition) is 2. The minimum absolute atomic E-state index is 1.14. The van der Waals surface area contributed by atoms with Crippen molar-refractivity contribution in [2.24, 2.45) is 0 Å². The van der Waals surface area contributed by atoms with Crippen LogP contribution in [0.1, 0.15) is 11.1 Å². The highest BCUT2D eigenvalue weighted by atomic mass is 32.3. The summed E-state index contributed by atoms with van der Waals surface area (Å²) in [6.07, 6.45) is 9.65. The zero-order valence-electron chi connectivity index (χ0n) is 28.8. The van der Waals surface area contributed by atoms with Crippen LogP contribution in [0, 0.1) is 0 Å². The van der Waals surface area contributed by atoms with Gasteiger partial charge in [0.05, 0.1) is 22.7 Å². The Morgan fingerprint density at radius 2 is 0.686 bits per heavy atom. The van der Waals surface area contributed by atoms with Gasteiger partial charge in [0.15, 0.2) is 0 Å². The fourth-order valence-electron chi connectivity index (χ4n) is 7.87. The van der Waals surface area contributed by atoms with Crippen molar-refractivity contribution in [2.75, 3.05) is 22.3 Å². The lowest BCUT2D eigenvalue weighted by Gasteiger charge is -2.41. The van der Waals surface area contributed by atoms with Crippen molar-refractivity contribution in [1.29, 1.82) is 0 Å². The summed E-state index contributed by atoms with van der Waals surface area (Å²) in [6.45, 7) is 0. The van der Waals surface area contributed by atoms with Gasteiger partial charge in [-0.15, -0.1) is 0 Å². The van der Waals surface area contributed by atoms with Crippen molar-refractivity contribution in [3.63, 3.8) is 0 Å². The molecule has 1 aliphatic heterocycles. The molecule has 1 aliphatic rings. The maximum atomic E-state index is 2.49. The molecule has 0 N–H and O–H groups in total. The summed E-state index contributed by atoms with van der Waals surface area (Å²) < 4.78 is 0. The molecule has 0 spiro atoms. The van der Waals surface area contributed by atoms with E-state index in [1.54, 1.807) is 0 Å². The fourth-order valence-corrected chi connectivity index (χ4v) is 10.9. The lowest BCUT2D eigenvalue weighted by molar-refractivity contribution is 1.20. The molecule has 9 rings (SSSR count). The molecule has 3 heteroatoms. The summed E-state index contributed by atoms with van der Waals surface area (Å²) in [7, 11) is -1.67. The smallest absolute Gasteiger partial charge is 0.0591 e. The topological polar surface area (TPSA) is 6.48 Å². The van der Waals surface area contributed by atoms with Crippen LogP contribution in [0.25, 0.3) is 33.7 Å². The van der Waals surface area contributed by atoms with E-state index in [1.807, 2.05) is 0 Å². The highest BCUT2D eigenvalue weighted by Crippen LogP contribution is 2.67. The number of rotatable bonds is 6. The molecular weight excluding hydrogens is 637 g/mol. The summed E-state index contributed by atoms with van der Waals surface area (Å²) in [5.74, 6) is 0. The van der Waals surface area contributed by atoms with Gasteiger partial charge in [-0.3, -0.25) is 0 Å². The van der Waals surface area contributed by atoms with Crippen molar-refractivity contribution in [2.45, 2.75) is 9.79 Å². The first-order valence-corrected chi connectivity index (χ1v) is 19.9. The van der Waals surface area contributed by atoms with E-state index < -0.39 is 10.0 Å². The predicted octanol–water partition coefficient (Wildman–Crippen LogP) is 13.9. The largest absolute Gasteiger partial charge is 0.309 e. The first-order chi connectivity index (χ1) is 25.1. The van der Waals surface area contributed by atoms with E-state index in [4.69, 9.17) is 0 Å². The number of anilines is 6. The molecular formula is C48H38N2S. The predicted molar refractivity (Wildman–Crippen MR) is 222 cm³/mol. The Morgan fingerprint density at radius 1 is 0.333 bits per heavy atom. The van der Waals surface area contributed by atoms with Crippen LogP contribution in [0.2, 0.25) is 0 Å². The molecule has 0 radical (unpaired) electrons. The first-order valence-electron chi connectivity index (χ1n) is 17.4. The van der Waals surface area contributed by atoms with Crippen LogP contribution < -0.4 is 9.80 Å². The molecule has 1 heterocycles. The van der Waals surface area contributed by atoms with Gasteiger partial charge >= 0.3 is 0 Å². The molecule has 0 aromatic heterocycles. The average Bonchev–Trinajstić information content (AvgIpc) is 3.30. The minimum atomic E-state index is -1.67. The van der Waals surface area contributed by atoms with Crippen LogP contribution in [0.5, 0.6) is 0 Å². The van der Waals surface area contributed by atoms with E-state index in [9.17, 15) is 0 Å². The van der Waals surface area contributed by atoms with E-state index in [2.05, 4.69) is 216 Å². The lowest BCUT2D eigenvalue weighted by Crippen LogP contribution is -2.17. The molecule has 2 nitrogen and oxygen atoms in total. The third kappa shape index (κ3) is 5.29. The summed E-state index contributed by atoms with van der Waals surface area (Å²) >= 11 is 0. The molecule has 0 unspecified atom stereocenters. The molecule has 0 aliphatic carbocycles. The first kappa shape index (κ1) is 31.0. The third-order valence-corrected chi connectivity index (χ3v) is 13.0. The van der Waals surface area contributed by atoms with Crippen LogP contribution in [-0.2, 0) is 0 Å². The number of hydrogen-bond donors (Lipinski definition) is 0. The Morgan fingerprint density at radius 3 is 1.14 bits per heavy atom. The van der Waals surface area contributed by atoms with E-state index in [0.29, 0.717) is 0 Å². The zero-order valence-corrected chi connectivity index (χ0v) is 29.6. The maximum Gasteiger partial charge on any atom is 0.0591 e. The maximum absolute atomic E-state index is 2.49. The second-order valence-corrected chi connectivity index (χ2v) is 16.9. The van der Waals surface area contributed by atoms with Gasteiger partial charge in [-0.1, -0.05) is 146 Å². The van der Waals surface area contributed by atoms with Gasteiger partial charge in [-0.25, -0.2) is 0 Å². The van der Waals surface area contributed by atoms with Crippen LogP contribution in [0.3, 0.4) is 0 Å². The van der Waals surface area contributed by atoms with Crippen LogP contribution >= 0.6 is 10.0 Å². The normalized spacial score (nSPS) is 13.6. The van der Waals surface area contributed by atoms with Crippen LogP contribution in [0.15, 0.2) is 192 Å². The van der Waals surface area contributed by atoms with E-state index in [0.717, 1.165) is 11.4 Å². The van der Waals surface area contributed by atoms with Gasteiger partial charge in [-0.2, -0.15) is 10.0 Å².